The van der Waals surface area contributed by atoms with E-state index in [0.717, 1.165) is 18.8 Å². The maximum absolute atomic E-state index is 7.75. The molecule has 1 heterocycles. The van der Waals surface area contributed by atoms with Crippen molar-refractivity contribution in [1.82, 2.24) is 0 Å². The van der Waals surface area contributed by atoms with E-state index >= 15 is 0 Å². The molecule has 1 saturated heterocycles. The molecule has 0 aromatic heterocycles. The number of nitrogens with two attached hydrogens (primary N) is 1. The number of fused-ring (bicyclic) bond motifs is 1. The summed E-state index contributed by atoms with van der Waals surface area (Å²) in [6.07, 6.45) is 59.2. The van der Waals surface area contributed by atoms with Crippen LogP contribution < -0.4 is 5.73 Å². The Labute approximate surface area is 323 Å². The summed E-state index contributed by atoms with van der Waals surface area (Å²) in [5.74, 6) is 0.547. The lowest BCUT2D eigenvalue weighted by molar-refractivity contribution is -0.281. The van der Waals surface area contributed by atoms with E-state index in [1.54, 1.807) is 0 Å². The quantitative estimate of drug-likeness (QED) is 0.0552. The first-order valence-electron chi connectivity index (χ1n) is 22.8. The zero-order valence-corrected chi connectivity index (χ0v) is 34.8. The molecular formula is C48H87NO3. The lowest BCUT2D eigenvalue weighted by atomic mass is 9.59. The van der Waals surface area contributed by atoms with Gasteiger partial charge in [0.1, 0.15) is 0 Å². The zero-order valence-electron chi connectivity index (χ0n) is 34.8. The van der Waals surface area contributed by atoms with Crippen LogP contribution in [-0.2, 0) is 9.47 Å². The first-order valence-corrected chi connectivity index (χ1v) is 22.8. The number of hydrogen-bond acceptors (Lipinski definition) is 4. The molecule has 0 aromatic carbocycles. The van der Waals surface area contributed by atoms with Crippen molar-refractivity contribution >= 4 is 0 Å². The van der Waals surface area contributed by atoms with Gasteiger partial charge in [0, 0.05) is 19.4 Å². The normalized spacial score (nSPS) is 21.9. The van der Waals surface area contributed by atoms with Crippen LogP contribution in [0.5, 0.6) is 0 Å². The molecule has 3 rings (SSSR count). The van der Waals surface area contributed by atoms with Crippen LogP contribution in [-0.4, -0.2) is 36.3 Å². The predicted molar refractivity (Wildman–Crippen MR) is 227 cm³/mol. The first kappa shape index (κ1) is 47.0. The fourth-order valence-electron chi connectivity index (χ4n) is 8.73. The van der Waals surface area contributed by atoms with Gasteiger partial charge in [0.15, 0.2) is 5.79 Å². The van der Waals surface area contributed by atoms with Crippen molar-refractivity contribution in [1.29, 1.82) is 0 Å². The van der Waals surface area contributed by atoms with E-state index in [4.69, 9.17) is 20.3 Å². The summed E-state index contributed by atoms with van der Waals surface area (Å²) in [5, 5.41) is 7.75. The van der Waals surface area contributed by atoms with Crippen molar-refractivity contribution in [3.05, 3.63) is 48.6 Å². The molecule has 0 radical (unpaired) electrons. The molecule has 1 spiro atoms. The number of hydrogen-bond donors (Lipinski definition) is 2. The largest absolute Gasteiger partial charge is 0.395 e. The third kappa shape index (κ3) is 21.6. The van der Waals surface area contributed by atoms with E-state index < -0.39 is 0 Å². The fraction of sp³-hybridized carbons (Fsp3) is 0.833. The summed E-state index contributed by atoms with van der Waals surface area (Å²) >= 11 is 0. The van der Waals surface area contributed by atoms with E-state index in [2.05, 4.69) is 69.4 Å². The molecular weight excluding hydrogens is 639 g/mol. The van der Waals surface area contributed by atoms with Crippen LogP contribution in [0.3, 0.4) is 0 Å². The molecule has 2 saturated carbocycles. The molecule has 3 fully saturated rings. The lowest BCUT2D eigenvalue weighted by Crippen LogP contribution is -2.53. The predicted octanol–water partition coefficient (Wildman–Crippen LogP) is 14.0. The number of unbranched alkanes of at least 4 members (excludes halogenated alkanes) is 18. The van der Waals surface area contributed by atoms with Gasteiger partial charge < -0.3 is 20.3 Å². The van der Waals surface area contributed by atoms with Crippen molar-refractivity contribution in [3.8, 4) is 0 Å². The van der Waals surface area contributed by atoms with E-state index in [-0.39, 0.29) is 12.4 Å². The maximum atomic E-state index is 7.75. The standard InChI is InChI=1S/C46H80O2.C2H7NO/c1-4-6-8-10-12-14-16-18-20-22-24-26-28-30-32-34-36-45(40-46(41-45)47-43-38-42(3)39-44(43)48-46)37-35-33-31-29-27-25-23-21-19-17-15-13-11-9-7-5-2;3-1-2-4/h12-15,18-21,42-44H,4-11,16-17,22-41H2,1-3H3;4H,1-3H2/b14-12-,15-13-,20-18-,21-19-;. The van der Waals surface area contributed by atoms with Crippen LogP contribution in [0.2, 0.25) is 0 Å². The second kappa shape index (κ2) is 31.1. The monoisotopic (exact) mass is 726 g/mol. The summed E-state index contributed by atoms with van der Waals surface area (Å²) in [7, 11) is 0. The van der Waals surface area contributed by atoms with Crippen molar-refractivity contribution in [2.75, 3.05) is 13.2 Å². The molecule has 4 nitrogen and oxygen atoms in total. The fourth-order valence-corrected chi connectivity index (χ4v) is 8.73. The van der Waals surface area contributed by atoms with Gasteiger partial charge in [0.05, 0.1) is 18.8 Å². The Kier molecular flexibility index (Phi) is 28.0. The second-order valence-corrected chi connectivity index (χ2v) is 16.8. The van der Waals surface area contributed by atoms with Gasteiger partial charge in [0.2, 0.25) is 0 Å². The van der Waals surface area contributed by atoms with Crippen LogP contribution in [0.15, 0.2) is 48.6 Å². The summed E-state index contributed by atoms with van der Waals surface area (Å²) in [5.41, 5.74) is 5.26. The number of aliphatic hydroxyl groups excluding tert-OH is 1. The molecule has 2 unspecified atom stereocenters. The molecule has 0 bridgehead atoms. The minimum Gasteiger partial charge on any atom is -0.395 e. The Bertz CT molecular complexity index is 864. The van der Waals surface area contributed by atoms with Crippen LogP contribution >= 0.6 is 0 Å². The lowest BCUT2D eigenvalue weighted by Gasteiger charge is -2.54. The molecule has 3 aliphatic rings. The van der Waals surface area contributed by atoms with Crippen LogP contribution in [0.4, 0.5) is 0 Å². The maximum Gasteiger partial charge on any atom is 0.170 e. The van der Waals surface area contributed by atoms with Gasteiger partial charge in [0.25, 0.3) is 0 Å². The summed E-state index contributed by atoms with van der Waals surface area (Å²) in [6.45, 7) is 7.38. The number of allylic oxidation sites excluding steroid dienone is 8. The van der Waals surface area contributed by atoms with E-state index in [9.17, 15) is 0 Å². The van der Waals surface area contributed by atoms with Crippen LogP contribution in [0, 0.1) is 11.3 Å². The van der Waals surface area contributed by atoms with Gasteiger partial charge in [-0.2, -0.15) is 0 Å². The van der Waals surface area contributed by atoms with E-state index in [1.165, 1.54) is 180 Å². The SMILES string of the molecule is CCCCC/C=C\C/C=C\CCCCCCCCC1(CCCCCCCC/C=C\C/C=C\CCCCC)CC2(C1)OC1CC(C)CC1O2.NCCO. The third-order valence-electron chi connectivity index (χ3n) is 11.6. The van der Waals surface area contributed by atoms with E-state index in [0.29, 0.717) is 24.2 Å². The smallest absolute Gasteiger partial charge is 0.170 e. The Morgan fingerprint density at radius 3 is 1.25 bits per heavy atom. The average Bonchev–Trinajstić information content (AvgIpc) is 3.65. The van der Waals surface area contributed by atoms with Gasteiger partial charge in [-0.25, -0.2) is 0 Å². The molecule has 302 valence electrons. The highest BCUT2D eigenvalue weighted by molar-refractivity contribution is 5.06. The average molecular weight is 726 g/mol. The molecule has 3 N–H and O–H groups in total. The summed E-state index contributed by atoms with van der Waals surface area (Å²) in [6, 6.07) is 0. The Morgan fingerprint density at radius 1 is 0.538 bits per heavy atom. The molecule has 4 heteroatoms. The molecule has 1 aliphatic heterocycles. The third-order valence-corrected chi connectivity index (χ3v) is 11.6. The van der Waals surface area contributed by atoms with Crippen LogP contribution in [0.25, 0.3) is 0 Å². The Morgan fingerprint density at radius 2 is 0.885 bits per heavy atom. The summed E-state index contributed by atoms with van der Waals surface area (Å²) in [4.78, 5) is 0. The zero-order chi connectivity index (χ0) is 37.4. The minimum atomic E-state index is -0.216. The number of rotatable bonds is 31. The van der Waals surface area contributed by atoms with Gasteiger partial charge in [-0.05, 0) is 101 Å². The number of ether oxygens (including phenoxy) is 2. The van der Waals surface area contributed by atoms with Crippen molar-refractivity contribution in [3.63, 3.8) is 0 Å². The second-order valence-electron chi connectivity index (χ2n) is 16.8. The highest BCUT2D eigenvalue weighted by atomic mass is 16.8. The Hall–Kier alpha value is -1.20. The minimum absolute atomic E-state index is 0.0972. The van der Waals surface area contributed by atoms with Crippen LogP contribution in [0.1, 0.15) is 213 Å². The molecule has 2 atom stereocenters. The Balaban J connectivity index is 0.00000222. The van der Waals surface area contributed by atoms with Gasteiger partial charge >= 0.3 is 0 Å². The van der Waals surface area contributed by atoms with Crippen molar-refractivity contribution in [2.24, 2.45) is 17.1 Å². The van der Waals surface area contributed by atoms with Crippen molar-refractivity contribution < 1.29 is 14.6 Å². The topological polar surface area (TPSA) is 64.7 Å². The molecule has 0 amide bonds. The first-order chi connectivity index (χ1) is 25.5. The van der Waals surface area contributed by atoms with Gasteiger partial charge in [-0.15, -0.1) is 0 Å². The van der Waals surface area contributed by atoms with Crippen molar-refractivity contribution in [2.45, 2.75) is 231 Å². The molecule has 2 aliphatic carbocycles. The highest BCUT2D eigenvalue weighted by Gasteiger charge is 2.62. The number of aliphatic hydroxyl groups is 1. The van der Waals surface area contributed by atoms with Gasteiger partial charge in [-0.1, -0.05) is 159 Å². The summed E-state index contributed by atoms with van der Waals surface area (Å²) < 4.78 is 13.3. The highest BCUT2D eigenvalue weighted by Crippen LogP contribution is 2.61. The van der Waals surface area contributed by atoms with E-state index in [1.807, 2.05) is 0 Å². The molecule has 52 heavy (non-hydrogen) atoms. The molecule has 0 aromatic rings. The van der Waals surface area contributed by atoms with Gasteiger partial charge in [-0.3, -0.25) is 0 Å².